The molecule has 0 amide bonds. The van der Waals surface area contributed by atoms with Crippen molar-refractivity contribution in [3.05, 3.63) is 18.6 Å². The Balaban J connectivity index is 2.44. The summed E-state index contributed by atoms with van der Waals surface area (Å²) in [6.45, 7) is 0.436. The average molecular weight is 173 g/mol. The number of anilines is 1. The highest BCUT2D eigenvalue weighted by Crippen LogP contribution is 2.11. The van der Waals surface area contributed by atoms with E-state index in [2.05, 4.69) is 15.3 Å². The van der Waals surface area contributed by atoms with E-state index in [-0.39, 0.29) is 0 Å². The van der Waals surface area contributed by atoms with E-state index in [9.17, 15) is 8.78 Å². The van der Waals surface area contributed by atoms with Crippen molar-refractivity contribution in [2.75, 3.05) is 11.9 Å². The topological polar surface area (TPSA) is 37.8 Å². The molecule has 0 aliphatic heterocycles. The molecule has 1 rings (SSSR count). The summed E-state index contributed by atoms with van der Waals surface area (Å²) in [7, 11) is 0. The summed E-state index contributed by atoms with van der Waals surface area (Å²) in [6.07, 6.45) is 2.79. The van der Waals surface area contributed by atoms with E-state index in [1.807, 2.05) is 0 Å². The van der Waals surface area contributed by atoms with E-state index in [1.54, 1.807) is 0 Å². The van der Waals surface area contributed by atoms with Gasteiger partial charge in [-0.3, -0.25) is 0 Å². The van der Waals surface area contributed by atoms with Crippen LogP contribution in [-0.4, -0.2) is 22.4 Å². The van der Waals surface area contributed by atoms with Gasteiger partial charge in [-0.25, -0.2) is 18.7 Å². The predicted octanol–water partition coefficient (Wildman–Crippen LogP) is 1.54. The first-order valence-corrected chi connectivity index (χ1v) is 3.46. The third kappa shape index (κ3) is 3.23. The third-order valence-corrected chi connectivity index (χ3v) is 1.16. The summed E-state index contributed by atoms with van der Waals surface area (Å²) >= 11 is 0. The molecule has 1 aromatic heterocycles. The van der Waals surface area contributed by atoms with Crippen molar-refractivity contribution >= 4 is 5.82 Å². The lowest BCUT2D eigenvalue weighted by atomic mass is 10.4. The Bertz CT molecular complexity index is 232. The second kappa shape index (κ2) is 3.42. The molecule has 0 saturated carbocycles. The lowest BCUT2D eigenvalue weighted by molar-refractivity contribution is 0.0367. The van der Waals surface area contributed by atoms with Gasteiger partial charge in [-0.15, -0.1) is 0 Å². The summed E-state index contributed by atoms with van der Waals surface area (Å²) in [5.41, 5.74) is 0. The summed E-state index contributed by atoms with van der Waals surface area (Å²) in [4.78, 5) is 7.38. The van der Waals surface area contributed by atoms with E-state index >= 15 is 0 Å². The number of hydrogen-bond acceptors (Lipinski definition) is 3. The second-order valence-electron chi connectivity index (χ2n) is 2.52. The SMILES string of the molecule is CC(F)(F)CNc1ccncn1. The van der Waals surface area contributed by atoms with E-state index in [4.69, 9.17) is 0 Å². The minimum Gasteiger partial charge on any atom is -0.364 e. The van der Waals surface area contributed by atoms with Gasteiger partial charge in [-0.05, 0) is 6.07 Å². The summed E-state index contributed by atoms with van der Waals surface area (Å²) in [5.74, 6) is -2.31. The maximum Gasteiger partial charge on any atom is 0.262 e. The first-order valence-electron chi connectivity index (χ1n) is 3.46. The molecule has 12 heavy (non-hydrogen) atoms. The largest absolute Gasteiger partial charge is 0.364 e. The molecular formula is C7H9F2N3. The summed E-state index contributed by atoms with van der Waals surface area (Å²) < 4.78 is 24.6. The van der Waals surface area contributed by atoms with Crippen LogP contribution in [0.4, 0.5) is 14.6 Å². The lowest BCUT2D eigenvalue weighted by Crippen LogP contribution is -2.23. The van der Waals surface area contributed by atoms with Crippen molar-refractivity contribution in [1.82, 2.24) is 9.97 Å². The molecule has 0 aliphatic rings. The van der Waals surface area contributed by atoms with Crippen LogP contribution in [-0.2, 0) is 0 Å². The molecule has 0 fully saturated rings. The first-order chi connectivity index (χ1) is 5.58. The minimum absolute atomic E-state index is 0.409. The van der Waals surface area contributed by atoms with Gasteiger partial charge in [0.05, 0.1) is 6.54 Å². The molecule has 0 aliphatic carbocycles. The molecule has 0 radical (unpaired) electrons. The van der Waals surface area contributed by atoms with Crippen LogP contribution < -0.4 is 5.32 Å². The Labute approximate surface area is 68.8 Å². The van der Waals surface area contributed by atoms with Crippen LogP contribution in [0.1, 0.15) is 6.92 Å². The number of hydrogen-bond donors (Lipinski definition) is 1. The van der Waals surface area contributed by atoms with Gasteiger partial charge < -0.3 is 5.32 Å². The molecule has 66 valence electrons. The Kier molecular flexibility index (Phi) is 2.52. The number of nitrogens with zero attached hydrogens (tertiary/aromatic N) is 2. The number of aromatic nitrogens is 2. The van der Waals surface area contributed by atoms with Crippen molar-refractivity contribution in [2.24, 2.45) is 0 Å². The lowest BCUT2D eigenvalue weighted by Gasteiger charge is -2.10. The second-order valence-corrected chi connectivity index (χ2v) is 2.52. The fourth-order valence-corrected chi connectivity index (χ4v) is 0.641. The quantitative estimate of drug-likeness (QED) is 0.753. The molecule has 5 heteroatoms. The van der Waals surface area contributed by atoms with Crippen LogP contribution >= 0.6 is 0 Å². The molecular weight excluding hydrogens is 164 g/mol. The minimum atomic E-state index is -2.72. The smallest absolute Gasteiger partial charge is 0.262 e. The van der Waals surface area contributed by atoms with Gasteiger partial charge in [-0.1, -0.05) is 0 Å². The van der Waals surface area contributed by atoms with Gasteiger partial charge in [0, 0.05) is 13.1 Å². The zero-order valence-corrected chi connectivity index (χ0v) is 6.59. The normalized spacial score (nSPS) is 11.2. The van der Waals surface area contributed by atoms with Crippen LogP contribution in [0.5, 0.6) is 0 Å². The number of alkyl halides is 2. The van der Waals surface area contributed by atoms with Crippen LogP contribution in [0, 0.1) is 0 Å². The van der Waals surface area contributed by atoms with Crippen molar-refractivity contribution in [2.45, 2.75) is 12.8 Å². The Morgan fingerprint density at radius 3 is 2.83 bits per heavy atom. The molecule has 0 aromatic carbocycles. The molecule has 1 heterocycles. The zero-order valence-electron chi connectivity index (χ0n) is 6.59. The molecule has 0 bridgehead atoms. The zero-order chi connectivity index (χ0) is 9.03. The number of halogens is 2. The highest BCUT2D eigenvalue weighted by Gasteiger charge is 2.20. The summed E-state index contributed by atoms with van der Waals surface area (Å²) in [6, 6.07) is 1.53. The number of rotatable bonds is 3. The monoisotopic (exact) mass is 173 g/mol. The van der Waals surface area contributed by atoms with Gasteiger partial charge in [0.15, 0.2) is 0 Å². The van der Waals surface area contributed by atoms with E-state index < -0.39 is 12.5 Å². The van der Waals surface area contributed by atoms with Crippen LogP contribution in [0.2, 0.25) is 0 Å². The fraction of sp³-hybridized carbons (Fsp3) is 0.429. The Hall–Kier alpha value is -1.26. The fourth-order valence-electron chi connectivity index (χ4n) is 0.641. The van der Waals surface area contributed by atoms with Crippen molar-refractivity contribution in [1.29, 1.82) is 0 Å². The molecule has 0 saturated heterocycles. The molecule has 0 spiro atoms. The van der Waals surface area contributed by atoms with Crippen LogP contribution in [0.15, 0.2) is 18.6 Å². The molecule has 0 atom stereocenters. The van der Waals surface area contributed by atoms with Crippen molar-refractivity contribution in [3.63, 3.8) is 0 Å². The molecule has 0 unspecified atom stereocenters. The summed E-state index contributed by atoms with van der Waals surface area (Å²) in [5, 5.41) is 2.48. The van der Waals surface area contributed by atoms with Gasteiger partial charge in [0.2, 0.25) is 0 Å². The van der Waals surface area contributed by atoms with E-state index in [1.165, 1.54) is 18.6 Å². The van der Waals surface area contributed by atoms with Gasteiger partial charge in [0.1, 0.15) is 12.1 Å². The standard InChI is InChI=1S/C7H9F2N3/c1-7(8,9)4-11-6-2-3-10-5-12-6/h2-3,5H,4H2,1H3,(H,10,11,12). The highest BCUT2D eigenvalue weighted by atomic mass is 19.3. The number of nitrogens with one attached hydrogen (secondary N) is 1. The van der Waals surface area contributed by atoms with Crippen LogP contribution in [0.3, 0.4) is 0 Å². The van der Waals surface area contributed by atoms with Crippen molar-refractivity contribution < 1.29 is 8.78 Å². The van der Waals surface area contributed by atoms with Crippen molar-refractivity contribution in [3.8, 4) is 0 Å². The predicted molar refractivity (Wildman–Crippen MR) is 41.1 cm³/mol. The van der Waals surface area contributed by atoms with Gasteiger partial charge >= 0.3 is 0 Å². The molecule has 3 nitrogen and oxygen atoms in total. The highest BCUT2D eigenvalue weighted by molar-refractivity contribution is 5.31. The van der Waals surface area contributed by atoms with Gasteiger partial charge in [-0.2, -0.15) is 0 Å². The molecule has 1 aromatic rings. The maximum atomic E-state index is 12.3. The Morgan fingerprint density at radius 1 is 1.58 bits per heavy atom. The molecule has 1 N–H and O–H groups in total. The van der Waals surface area contributed by atoms with E-state index in [0.29, 0.717) is 5.82 Å². The maximum absolute atomic E-state index is 12.3. The van der Waals surface area contributed by atoms with Gasteiger partial charge in [0.25, 0.3) is 5.92 Å². The van der Waals surface area contributed by atoms with E-state index in [0.717, 1.165) is 6.92 Å². The van der Waals surface area contributed by atoms with Crippen LogP contribution in [0.25, 0.3) is 0 Å². The Morgan fingerprint density at radius 2 is 2.33 bits per heavy atom. The first kappa shape index (κ1) is 8.83. The average Bonchev–Trinajstić information content (AvgIpc) is 2.02. The third-order valence-electron chi connectivity index (χ3n) is 1.16.